The normalized spacial score (nSPS) is 10.3. The molecule has 3 N–H and O–H groups in total. The van der Waals surface area contributed by atoms with Crippen LogP contribution in [0.15, 0.2) is 17.2 Å². The van der Waals surface area contributed by atoms with Crippen molar-refractivity contribution in [2.24, 2.45) is 10.9 Å². The number of ether oxygens (including phenoxy) is 2. The number of rotatable bonds is 4. The lowest BCUT2D eigenvalue weighted by Gasteiger charge is -2.12. The van der Waals surface area contributed by atoms with Gasteiger partial charge in [-0.1, -0.05) is 0 Å². The molecule has 1 rings (SSSR count). The second-order valence-corrected chi connectivity index (χ2v) is 3.25. The predicted molar refractivity (Wildman–Crippen MR) is 65.6 cm³/mol. The molecule has 92 valence electrons. The minimum Gasteiger partial charge on any atom is -0.493 e. The summed E-state index contributed by atoms with van der Waals surface area (Å²) in [5.41, 5.74) is 1.20. The first kappa shape index (κ1) is 12.8. The highest BCUT2D eigenvalue weighted by atomic mass is 16.5. The van der Waals surface area contributed by atoms with Crippen LogP contribution >= 0.6 is 0 Å². The summed E-state index contributed by atoms with van der Waals surface area (Å²) in [5, 5.41) is 6.10. The van der Waals surface area contributed by atoms with E-state index in [1.54, 1.807) is 12.1 Å². The predicted octanol–water partition coefficient (Wildman–Crippen LogP) is 0.955. The van der Waals surface area contributed by atoms with Crippen LogP contribution in [0.2, 0.25) is 0 Å². The number of methoxy groups -OCH3 is 2. The Labute approximate surface area is 99.4 Å². The maximum atomic E-state index is 11.1. The highest BCUT2D eigenvalue weighted by Gasteiger charge is 2.10. The van der Waals surface area contributed by atoms with E-state index in [0.29, 0.717) is 22.7 Å². The maximum absolute atomic E-state index is 11.1. The van der Waals surface area contributed by atoms with Gasteiger partial charge in [-0.15, -0.1) is 0 Å². The van der Waals surface area contributed by atoms with Gasteiger partial charge in [0.05, 0.1) is 26.1 Å². The number of anilines is 1. The van der Waals surface area contributed by atoms with E-state index in [1.165, 1.54) is 27.4 Å². The number of nitrogens with one attached hydrogen (secondary N) is 1. The van der Waals surface area contributed by atoms with Gasteiger partial charge in [0, 0.05) is 18.6 Å². The summed E-state index contributed by atoms with van der Waals surface area (Å²) in [6, 6.07) is 3.33. The monoisotopic (exact) mass is 237 g/mol. The zero-order valence-electron chi connectivity index (χ0n) is 9.98. The number of nitrogens with two attached hydrogens (primary N) is 1. The van der Waals surface area contributed by atoms with Crippen LogP contribution in [-0.2, 0) is 4.79 Å². The van der Waals surface area contributed by atoms with Crippen LogP contribution in [0.4, 0.5) is 5.69 Å². The third-order valence-corrected chi connectivity index (χ3v) is 2.08. The van der Waals surface area contributed by atoms with Crippen molar-refractivity contribution in [2.45, 2.75) is 6.92 Å². The van der Waals surface area contributed by atoms with Crippen molar-refractivity contribution in [1.29, 1.82) is 0 Å². The van der Waals surface area contributed by atoms with Crippen molar-refractivity contribution in [3.63, 3.8) is 0 Å². The van der Waals surface area contributed by atoms with Gasteiger partial charge in [-0.2, -0.15) is 5.10 Å². The lowest BCUT2D eigenvalue weighted by molar-refractivity contribution is -0.114. The van der Waals surface area contributed by atoms with Crippen LogP contribution < -0.4 is 20.6 Å². The molecule has 1 amide bonds. The second-order valence-electron chi connectivity index (χ2n) is 3.25. The van der Waals surface area contributed by atoms with Crippen molar-refractivity contribution in [3.8, 4) is 11.5 Å². The van der Waals surface area contributed by atoms with Crippen LogP contribution in [-0.4, -0.2) is 26.3 Å². The summed E-state index contributed by atoms with van der Waals surface area (Å²) in [5.74, 6) is 5.97. The molecule has 0 bridgehead atoms. The molecule has 0 saturated heterocycles. The van der Waals surface area contributed by atoms with Gasteiger partial charge in [0.15, 0.2) is 11.5 Å². The summed E-state index contributed by atoms with van der Waals surface area (Å²) < 4.78 is 10.3. The fourth-order valence-corrected chi connectivity index (χ4v) is 1.38. The number of hydrogen-bond donors (Lipinski definition) is 2. The Bertz CT molecular complexity index is 444. The average molecular weight is 237 g/mol. The smallest absolute Gasteiger partial charge is 0.221 e. The van der Waals surface area contributed by atoms with Crippen LogP contribution in [0.5, 0.6) is 11.5 Å². The van der Waals surface area contributed by atoms with Gasteiger partial charge in [0.2, 0.25) is 5.91 Å². The molecule has 0 saturated carbocycles. The van der Waals surface area contributed by atoms with E-state index < -0.39 is 0 Å². The molecule has 6 heteroatoms. The van der Waals surface area contributed by atoms with Gasteiger partial charge in [0.1, 0.15) is 0 Å². The van der Waals surface area contributed by atoms with Crippen molar-refractivity contribution >= 4 is 17.8 Å². The molecule has 0 aliphatic rings. The summed E-state index contributed by atoms with van der Waals surface area (Å²) >= 11 is 0. The first-order valence-electron chi connectivity index (χ1n) is 4.89. The van der Waals surface area contributed by atoms with Crippen LogP contribution in [0.3, 0.4) is 0 Å². The van der Waals surface area contributed by atoms with Gasteiger partial charge in [-0.3, -0.25) is 4.79 Å². The maximum Gasteiger partial charge on any atom is 0.221 e. The van der Waals surface area contributed by atoms with Crippen molar-refractivity contribution < 1.29 is 14.3 Å². The van der Waals surface area contributed by atoms with Crippen LogP contribution in [0, 0.1) is 0 Å². The molecule has 0 fully saturated rings. The highest BCUT2D eigenvalue weighted by Crippen LogP contribution is 2.32. The van der Waals surface area contributed by atoms with Crippen molar-refractivity contribution in [2.75, 3.05) is 19.5 Å². The fraction of sp³-hybridized carbons (Fsp3) is 0.273. The molecule has 0 atom stereocenters. The van der Waals surface area contributed by atoms with Crippen molar-refractivity contribution in [1.82, 2.24) is 0 Å². The average Bonchev–Trinajstić information content (AvgIpc) is 2.30. The molecule has 0 aromatic heterocycles. The van der Waals surface area contributed by atoms with Crippen LogP contribution in [0.25, 0.3) is 0 Å². The molecule has 17 heavy (non-hydrogen) atoms. The minimum atomic E-state index is -0.191. The van der Waals surface area contributed by atoms with E-state index in [9.17, 15) is 4.79 Å². The van der Waals surface area contributed by atoms with Gasteiger partial charge in [-0.25, -0.2) is 0 Å². The van der Waals surface area contributed by atoms with E-state index >= 15 is 0 Å². The number of amides is 1. The highest BCUT2D eigenvalue weighted by molar-refractivity contribution is 5.97. The Morgan fingerprint density at radius 1 is 1.35 bits per heavy atom. The van der Waals surface area contributed by atoms with E-state index in [1.807, 2.05) is 0 Å². The first-order valence-corrected chi connectivity index (χ1v) is 4.89. The lowest BCUT2D eigenvalue weighted by atomic mass is 10.1. The summed E-state index contributed by atoms with van der Waals surface area (Å²) in [4.78, 5) is 11.1. The Kier molecular flexibility index (Phi) is 4.33. The number of hydrazone groups is 1. The number of benzene rings is 1. The molecule has 1 aromatic rings. The molecule has 6 nitrogen and oxygen atoms in total. The number of nitrogens with zero attached hydrogens (tertiary/aromatic N) is 1. The standard InChI is InChI=1S/C11H15N3O3/c1-7(15)14-9-5-11(17-3)10(16-2)4-8(9)6-13-12/h4-6H,12H2,1-3H3,(H,14,15). The topological polar surface area (TPSA) is 85.9 Å². The van der Waals surface area contributed by atoms with Gasteiger partial charge in [-0.05, 0) is 6.07 Å². The van der Waals surface area contributed by atoms with E-state index in [0.717, 1.165) is 0 Å². The fourth-order valence-electron chi connectivity index (χ4n) is 1.38. The molecule has 0 aliphatic heterocycles. The van der Waals surface area contributed by atoms with Crippen LogP contribution in [0.1, 0.15) is 12.5 Å². The molecular formula is C11H15N3O3. The summed E-state index contributed by atoms with van der Waals surface area (Å²) in [6.07, 6.45) is 1.42. The Morgan fingerprint density at radius 2 is 1.94 bits per heavy atom. The summed E-state index contributed by atoms with van der Waals surface area (Å²) in [6.45, 7) is 1.42. The van der Waals surface area contributed by atoms with E-state index in [4.69, 9.17) is 15.3 Å². The third-order valence-electron chi connectivity index (χ3n) is 2.08. The molecule has 1 aromatic carbocycles. The number of carbonyl (C=O) groups excluding carboxylic acids is 1. The Balaban J connectivity index is 3.28. The number of hydrogen-bond acceptors (Lipinski definition) is 5. The second kappa shape index (κ2) is 5.74. The molecule has 0 aliphatic carbocycles. The largest absolute Gasteiger partial charge is 0.493 e. The van der Waals surface area contributed by atoms with E-state index in [2.05, 4.69) is 10.4 Å². The third kappa shape index (κ3) is 3.10. The Morgan fingerprint density at radius 3 is 2.41 bits per heavy atom. The van der Waals surface area contributed by atoms with E-state index in [-0.39, 0.29) is 5.91 Å². The van der Waals surface area contributed by atoms with Crippen molar-refractivity contribution in [3.05, 3.63) is 17.7 Å². The SMILES string of the molecule is COc1cc(C=NN)c(NC(C)=O)cc1OC. The lowest BCUT2D eigenvalue weighted by Crippen LogP contribution is -2.09. The molecule has 0 unspecified atom stereocenters. The minimum absolute atomic E-state index is 0.191. The zero-order valence-corrected chi connectivity index (χ0v) is 9.98. The quantitative estimate of drug-likeness (QED) is 0.464. The Hall–Kier alpha value is -2.24. The summed E-state index contributed by atoms with van der Waals surface area (Å²) in [7, 11) is 3.05. The van der Waals surface area contributed by atoms with Gasteiger partial charge >= 0.3 is 0 Å². The number of carbonyl (C=O) groups is 1. The van der Waals surface area contributed by atoms with Gasteiger partial charge in [0.25, 0.3) is 0 Å². The molecule has 0 spiro atoms. The molecular weight excluding hydrogens is 222 g/mol. The molecule has 0 heterocycles. The van der Waals surface area contributed by atoms with Gasteiger partial charge < -0.3 is 20.6 Å². The first-order chi connectivity index (χ1) is 8.12. The molecule has 0 radical (unpaired) electrons. The zero-order chi connectivity index (χ0) is 12.8.